The van der Waals surface area contributed by atoms with Crippen molar-refractivity contribution in [3.63, 3.8) is 0 Å². The quantitative estimate of drug-likeness (QED) is 0.236. The zero-order valence-electron chi connectivity index (χ0n) is 22.0. The van der Waals surface area contributed by atoms with Crippen LogP contribution in [0.3, 0.4) is 0 Å². The topological polar surface area (TPSA) is 90.7 Å². The number of amides is 1. The molecular formula is C26H29F5N8OS. The summed E-state index contributed by atoms with van der Waals surface area (Å²) in [6.45, 7) is 4.99. The van der Waals surface area contributed by atoms with Gasteiger partial charge in [-0.3, -0.25) is 20.2 Å². The second-order valence-electron chi connectivity index (χ2n) is 10.4. The zero-order valence-corrected chi connectivity index (χ0v) is 22.8. The van der Waals surface area contributed by atoms with Crippen molar-refractivity contribution in [2.75, 3.05) is 49.5 Å². The number of hydrogen-bond acceptors (Lipinski definition) is 6. The summed E-state index contributed by atoms with van der Waals surface area (Å²) < 4.78 is 73.0. The number of aryl methyl sites for hydroxylation is 1. The van der Waals surface area contributed by atoms with Crippen molar-refractivity contribution in [2.45, 2.75) is 17.7 Å². The predicted octanol–water partition coefficient (Wildman–Crippen LogP) is 4.94. The molecule has 2 saturated heterocycles. The van der Waals surface area contributed by atoms with Crippen LogP contribution in [0.15, 0.2) is 59.8 Å². The highest BCUT2D eigenvalue weighted by Crippen LogP contribution is 3.02. The molecule has 4 aromatic rings. The number of fused-ring (bicyclic) bond motifs is 1. The van der Waals surface area contributed by atoms with Crippen molar-refractivity contribution >= 4 is 33.2 Å². The van der Waals surface area contributed by atoms with Gasteiger partial charge in [0.05, 0.1) is 11.4 Å². The van der Waals surface area contributed by atoms with Crippen LogP contribution in [-0.2, 0) is 0 Å². The van der Waals surface area contributed by atoms with Crippen LogP contribution < -0.4 is 26.4 Å². The predicted molar refractivity (Wildman–Crippen MR) is 149 cm³/mol. The number of halogens is 5. The van der Waals surface area contributed by atoms with Crippen LogP contribution in [0.2, 0.25) is 0 Å². The lowest BCUT2D eigenvalue weighted by Gasteiger charge is -2.41. The summed E-state index contributed by atoms with van der Waals surface area (Å²) in [4.78, 5) is 12.7. The minimum absolute atomic E-state index is 0.0778. The lowest BCUT2D eigenvalue weighted by Crippen LogP contribution is -2.43. The Labute approximate surface area is 232 Å². The molecule has 0 unspecified atom stereocenters. The molecule has 6 rings (SSSR count). The van der Waals surface area contributed by atoms with Gasteiger partial charge in [-0.05, 0) is 42.8 Å². The van der Waals surface area contributed by atoms with E-state index < -0.39 is 26.6 Å². The van der Waals surface area contributed by atoms with E-state index in [4.69, 9.17) is 0 Å². The Bertz CT molecular complexity index is 1640. The van der Waals surface area contributed by atoms with E-state index in [1.165, 1.54) is 6.07 Å². The van der Waals surface area contributed by atoms with E-state index >= 15 is 0 Å². The number of benzene rings is 2. The Morgan fingerprint density at radius 2 is 1.71 bits per heavy atom. The molecule has 9 nitrogen and oxygen atoms in total. The molecule has 0 aliphatic carbocycles. The van der Waals surface area contributed by atoms with E-state index in [1.807, 2.05) is 30.0 Å². The number of rotatable bonds is 6. The maximum atomic E-state index is 13.9. The van der Waals surface area contributed by atoms with Crippen molar-refractivity contribution in [3.8, 4) is 5.69 Å². The molecule has 15 heteroatoms. The smallest absolute Gasteiger partial charge is 0.310 e. The van der Waals surface area contributed by atoms with Crippen LogP contribution >= 0.6 is 10.2 Å². The van der Waals surface area contributed by atoms with Gasteiger partial charge in [0.1, 0.15) is 10.5 Å². The van der Waals surface area contributed by atoms with Gasteiger partial charge in [-0.2, -0.15) is 5.10 Å². The van der Waals surface area contributed by atoms with Crippen LogP contribution in [0.1, 0.15) is 27.5 Å². The molecule has 0 spiro atoms. The molecule has 2 fully saturated rings. The highest BCUT2D eigenvalue weighted by molar-refractivity contribution is 8.45. The standard InChI is InChI=1S/C26H29F5N8OS/c1-17-2-3-20(12-24(17)38-8-9-39-25(38)14-23(36-39)19-15-33-34-16-19)35-26(40)18-10-21(37-6-4-32-5-7-37)13-22(11-18)41(27,28,29,30)31/h2-3,8-14,19,32-34H,4-7,15-16H2,1H3,(H,35,40). The van der Waals surface area contributed by atoms with Gasteiger partial charge in [-0.1, -0.05) is 25.5 Å². The number of imidazole rings is 1. The Hall–Kier alpha value is -3.66. The number of carbonyl (C=O) groups excluding carboxylic acids is 1. The fourth-order valence-electron chi connectivity index (χ4n) is 5.17. The highest BCUT2D eigenvalue weighted by atomic mass is 32.5. The van der Waals surface area contributed by atoms with Gasteiger partial charge >= 0.3 is 10.2 Å². The van der Waals surface area contributed by atoms with Gasteiger partial charge in [0.2, 0.25) is 0 Å². The summed E-state index contributed by atoms with van der Waals surface area (Å²) >= 11 is 0. The minimum Gasteiger partial charge on any atom is -0.369 e. The van der Waals surface area contributed by atoms with Gasteiger partial charge in [0.15, 0.2) is 0 Å². The van der Waals surface area contributed by atoms with Crippen LogP contribution in [0, 0.1) is 6.92 Å². The third-order valence-electron chi connectivity index (χ3n) is 7.39. The van der Waals surface area contributed by atoms with E-state index in [0.29, 0.717) is 43.6 Å². The molecule has 1 amide bonds. The SMILES string of the molecule is Cc1ccc(NC(=O)c2cc(N3CCNCC3)cc(S(F)(F)(F)(F)F)c2)cc1-n1ccn2nc(C3CNNC3)cc12. The van der Waals surface area contributed by atoms with Gasteiger partial charge in [0.25, 0.3) is 5.91 Å². The first kappa shape index (κ1) is 27.5. The van der Waals surface area contributed by atoms with Crippen molar-refractivity contribution < 1.29 is 24.2 Å². The summed E-state index contributed by atoms with van der Waals surface area (Å²) in [7, 11) is -10.1. The molecule has 0 saturated carbocycles. The van der Waals surface area contributed by atoms with Gasteiger partial charge in [0, 0.05) is 80.6 Å². The number of anilines is 2. The Kier molecular flexibility index (Phi) is 6.15. The molecule has 2 aliphatic heterocycles. The lowest BCUT2D eigenvalue weighted by molar-refractivity contribution is 0.102. The zero-order chi connectivity index (χ0) is 29.1. The third-order valence-corrected chi connectivity index (χ3v) is 8.51. The maximum Gasteiger partial charge on any atom is 0.310 e. The maximum absolute atomic E-state index is 13.9. The summed E-state index contributed by atoms with van der Waals surface area (Å²) in [6.07, 6.45) is 3.63. The summed E-state index contributed by atoms with van der Waals surface area (Å²) in [5, 5.41) is 10.3. The fraction of sp³-hybridized carbons (Fsp3) is 0.308. The number of nitrogens with zero attached hydrogens (tertiary/aromatic N) is 4. The Morgan fingerprint density at radius 1 is 0.976 bits per heavy atom. The first-order chi connectivity index (χ1) is 19.2. The molecule has 2 aromatic heterocycles. The van der Waals surface area contributed by atoms with Crippen molar-refractivity contribution in [1.29, 1.82) is 0 Å². The monoisotopic (exact) mass is 596 g/mol. The molecule has 4 heterocycles. The van der Waals surface area contributed by atoms with E-state index in [0.717, 1.165) is 30.0 Å². The third kappa shape index (κ3) is 5.62. The molecule has 0 atom stereocenters. The van der Waals surface area contributed by atoms with Crippen LogP contribution in [0.25, 0.3) is 11.3 Å². The van der Waals surface area contributed by atoms with Crippen LogP contribution in [-0.4, -0.2) is 59.4 Å². The lowest BCUT2D eigenvalue weighted by atomic mass is 10.1. The molecule has 2 aromatic carbocycles. The van der Waals surface area contributed by atoms with Crippen molar-refractivity contribution in [2.24, 2.45) is 0 Å². The summed E-state index contributed by atoms with van der Waals surface area (Å²) in [6, 6.07) is 8.92. The second-order valence-corrected chi connectivity index (χ2v) is 12.8. The molecule has 0 bridgehead atoms. The number of hydrazine groups is 1. The Morgan fingerprint density at radius 3 is 2.41 bits per heavy atom. The van der Waals surface area contributed by atoms with Crippen LogP contribution in [0.5, 0.6) is 0 Å². The second kappa shape index (κ2) is 9.17. The fourth-order valence-corrected chi connectivity index (χ4v) is 5.86. The van der Waals surface area contributed by atoms with Gasteiger partial charge < -0.3 is 15.5 Å². The Balaban J connectivity index is 1.33. The molecule has 0 radical (unpaired) electrons. The summed E-state index contributed by atoms with van der Waals surface area (Å²) in [5.74, 6) is -0.714. The largest absolute Gasteiger partial charge is 0.369 e. The van der Waals surface area contributed by atoms with Gasteiger partial charge in [-0.15, -0.1) is 0 Å². The summed E-state index contributed by atoms with van der Waals surface area (Å²) in [5.41, 5.74) is 9.19. The van der Waals surface area contributed by atoms with E-state index in [-0.39, 0.29) is 17.7 Å². The molecular weight excluding hydrogens is 567 g/mol. The number of hydrogen-bond donors (Lipinski definition) is 4. The van der Waals surface area contributed by atoms with Crippen molar-refractivity contribution in [1.82, 2.24) is 30.3 Å². The number of carbonyl (C=O) groups is 1. The first-order valence-corrected chi connectivity index (χ1v) is 15.0. The minimum atomic E-state index is -10.1. The molecule has 41 heavy (non-hydrogen) atoms. The van der Waals surface area contributed by atoms with E-state index in [1.54, 1.807) is 27.6 Å². The normalized spacial score (nSPS) is 18.4. The van der Waals surface area contributed by atoms with Gasteiger partial charge in [-0.25, -0.2) is 4.52 Å². The van der Waals surface area contributed by atoms with E-state index in [9.17, 15) is 24.2 Å². The first-order valence-electron chi connectivity index (χ1n) is 13.0. The number of aromatic nitrogens is 3. The van der Waals surface area contributed by atoms with E-state index in [2.05, 4.69) is 26.6 Å². The number of nitrogens with one attached hydrogen (secondary N) is 4. The number of piperazine rings is 1. The highest BCUT2D eigenvalue weighted by Gasteiger charge is 2.65. The molecule has 2 aliphatic rings. The molecule has 220 valence electrons. The van der Waals surface area contributed by atoms with Crippen molar-refractivity contribution in [3.05, 3.63) is 71.7 Å². The molecule has 4 N–H and O–H groups in total. The average Bonchev–Trinajstić information content (AvgIpc) is 3.67. The average molecular weight is 597 g/mol. The van der Waals surface area contributed by atoms with Crippen LogP contribution in [0.4, 0.5) is 30.8 Å².